The van der Waals surface area contributed by atoms with E-state index in [9.17, 15) is 0 Å². The summed E-state index contributed by atoms with van der Waals surface area (Å²) in [5.41, 5.74) is 0. The SMILES string of the molecule is C[Si](C)(C)OCCCCCCCCCCCCCCCCO[Si](C)(C)C. The molecule has 0 spiro atoms. The predicted octanol–water partition coefficient (Wildman–Crippen LogP) is 8.15. The third kappa shape index (κ3) is 24.4. The van der Waals surface area contributed by atoms with E-state index in [0.29, 0.717) is 0 Å². The van der Waals surface area contributed by atoms with Gasteiger partial charge >= 0.3 is 0 Å². The Labute approximate surface area is 168 Å². The molecule has 2 nitrogen and oxygen atoms in total. The first-order valence-electron chi connectivity index (χ1n) is 11.5. The van der Waals surface area contributed by atoms with Crippen LogP contribution in [-0.4, -0.2) is 29.8 Å². The lowest BCUT2D eigenvalue weighted by molar-refractivity contribution is 0.297. The Morgan fingerprint density at radius 2 is 0.538 bits per heavy atom. The summed E-state index contributed by atoms with van der Waals surface area (Å²) in [4.78, 5) is 0. The van der Waals surface area contributed by atoms with E-state index in [0.717, 1.165) is 13.2 Å². The van der Waals surface area contributed by atoms with Gasteiger partial charge in [0.1, 0.15) is 0 Å². The Morgan fingerprint density at radius 1 is 0.346 bits per heavy atom. The molecule has 0 aromatic carbocycles. The van der Waals surface area contributed by atoms with Crippen molar-refractivity contribution in [3.63, 3.8) is 0 Å². The summed E-state index contributed by atoms with van der Waals surface area (Å²) in [7, 11) is -2.55. The molecule has 0 saturated carbocycles. The zero-order valence-electron chi connectivity index (χ0n) is 19.1. The summed E-state index contributed by atoms with van der Waals surface area (Å²) in [6, 6.07) is 0. The van der Waals surface area contributed by atoms with Gasteiger partial charge in [0.05, 0.1) is 0 Å². The molecule has 0 amide bonds. The van der Waals surface area contributed by atoms with Crippen LogP contribution >= 0.6 is 0 Å². The molecule has 4 heteroatoms. The second-order valence-corrected chi connectivity index (χ2v) is 18.9. The van der Waals surface area contributed by atoms with Gasteiger partial charge in [-0.15, -0.1) is 0 Å². The summed E-state index contributed by atoms with van der Waals surface area (Å²) < 4.78 is 11.8. The van der Waals surface area contributed by atoms with Crippen molar-refractivity contribution in [2.75, 3.05) is 13.2 Å². The fraction of sp³-hybridized carbons (Fsp3) is 1.00. The highest BCUT2D eigenvalue weighted by Crippen LogP contribution is 2.14. The van der Waals surface area contributed by atoms with Crippen LogP contribution in [0.2, 0.25) is 39.3 Å². The second kappa shape index (κ2) is 16.3. The highest BCUT2D eigenvalue weighted by molar-refractivity contribution is 6.70. The Balaban J connectivity index is 3.07. The molecule has 0 aliphatic rings. The summed E-state index contributed by atoms with van der Waals surface area (Å²) in [5.74, 6) is 0. The van der Waals surface area contributed by atoms with Crippen LogP contribution in [-0.2, 0) is 8.85 Å². The lowest BCUT2D eigenvalue weighted by Gasteiger charge is -2.16. The van der Waals surface area contributed by atoms with E-state index in [1.807, 2.05) is 0 Å². The molecule has 0 saturated heterocycles. The van der Waals surface area contributed by atoms with Crippen LogP contribution in [0.3, 0.4) is 0 Å². The molecular weight excluding hydrogens is 352 g/mol. The quantitative estimate of drug-likeness (QED) is 0.160. The van der Waals surface area contributed by atoms with Gasteiger partial charge in [0.15, 0.2) is 16.6 Å². The Bertz CT molecular complexity index is 265. The van der Waals surface area contributed by atoms with Gasteiger partial charge in [-0.25, -0.2) is 0 Å². The molecule has 0 atom stereocenters. The molecule has 0 bridgehead atoms. The van der Waals surface area contributed by atoms with E-state index in [2.05, 4.69) is 39.3 Å². The predicted molar refractivity (Wildman–Crippen MR) is 123 cm³/mol. The second-order valence-electron chi connectivity index (χ2n) is 9.87. The van der Waals surface area contributed by atoms with Gasteiger partial charge in [-0.2, -0.15) is 0 Å². The molecule has 0 aromatic heterocycles. The van der Waals surface area contributed by atoms with Gasteiger partial charge in [0.25, 0.3) is 0 Å². The largest absolute Gasteiger partial charge is 0.418 e. The average Bonchev–Trinajstić information content (AvgIpc) is 2.51. The third-order valence-electron chi connectivity index (χ3n) is 4.61. The van der Waals surface area contributed by atoms with Crippen molar-refractivity contribution in [2.45, 2.75) is 129 Å². The molecule has 0 N–H and O–H groups in total. The molecule has 0 aliphatic carbocycles. The van der Waals surface area contributed by atoms with Crippen molar-refractivity contribution in [3.05, 3.63) is 0 Å². The maximum Gasteiger partial charge on any atom is 0.183 e. The van der Waals surface area contributed by atoms with Crippen molar-refractivity contribution >= 4 is 16.6 Å². The maximum atomic E-state index is 5.90. The average molecular weight is 403 g/mol. The van der Waals surface area contributed by atoms with Gasteiger partial charge in [0, 0.05) is 13.2 Å². The van der Waals surface area contributed by atoms with E-state index in [1.165, 1.54) is 89.9 Å². The summed E-state index contributed by atoms with van der Waals surface area (Å²) in [6.45, 7) is 15.6. The molecule has 0 unspecified atom stereocenters. The monoisotopic (exact) mass is 402 g/mol. The summed E-state index contributed by atoms with van der Waals surface area (Å²) in [5, 5.41) is 0. The first kappa shape index (κ1) is 26.4. The van der Waals surface area contributed by atoms with E-state index in [1.54, 1.807) is 0 Å². The van der Waals surface area contributed by atoms with Gasteiger partial charge in [-0.1, -0.05) is 77.0 Å². The van der Waals surface area contributed by atoms with Gasteiger partial charge in [-0.05, 0) is 52.1 Å². The zero-order chi connectivity index (χ0) is 19.7. The minimum atomic E-state index is -1.28. The Kier molecular flexibility index (Phi) is 16.5. The van der Waals surface area contributed by atoms with Crippen molar-refractivity contribution in [3.8, 4) is 0 Å². The maximum absolute atomic E-state index is 5.90. The van der Waals surface area contributed by atoms with Crippen molar-refractivity contribution in [1.82, 2.24) is 0 Å². The zero-order valence-corrected chi connectivity index (χ0v) is 21.1. The smallest absolute Gasteiger partial charge is 0.183 e. The van der Waals surface area contributed by atoms with E-state index in [4.69, 9.17) is 8.85 Å². The lowest BCUT2D eigenvalue weighted by Crippen LogP contribution is -2.25. The van der Waals surface area contributed by atoms with Crippen LogP contribution in [0.1, 0.15) is 89.9 Å². The lowest BCUT2D eigenvalue weighted by atomic mass is 10.0. The highest BCUT2D eigenvalue weighted by atomic mass is 28.4. The van der Waals surface area contributed by atoms with Crippen LogP contribution < -0.4 is 0 Å². The van der Waals surface area contributed by atoms with E-state index in [-0.39, 0.29) is 0 Å². The van der Waals surface area contributed by atoms with Crippen LogP contribution in [0.15, 0.2) is 0 Å². The number of rotatable bonds is 19. The number of hydrogen-bond donors (Lipinski definition) is 0. The van der Waals surface area contributed by atoms with Gasteiger partial charge in [0.2, 0.25) is 0 Å². The van der Waals surface area contributed by atoms with Crippen LogP contribution in [0.25, 0.3) is 0 Å². The fourth-order valence-electron chi connectivity index (χ4n) is 3.08. The molecular formula is C22H50O2Si2. The molecule has 0 heterocycles. The number of hydrogen-bond acceptors (Lipinski definition) is 2. The first-order valence-corrected chi connectivity index (χ1v) is 18.3. The minimum absolute atomic E-state index is 0.987. The third-order valence-corrected chi connectivity index (χ3v) is 6.75. The minimum Gasteiger partial charge on any atom is -0.418 e. The standard InChI is InChI=1S/C22H50O2Si2/c1-25(2,3)23-21-19-17-15-13-11-9-7-8-10-12-14-16-18-20-22-24-26(4,5)6/h7-22H2,1-6H3. The first-order chi connectivity index (χ1) is 12.2. The fourth-order valence-corrected chi connectivity index (χ4v) is 4.60. The number of unbranched alkanes of at least 4 members (excludes halogenated alkanes) is 13. The van der Waals surface area contributed by atoms with Crippen molar-refractivity contribution < 1.29 is 8.85 Å². The molecule has 0 rings (SSSR count). The van der Waals surface area contributed by atoms with E-state index < -0.39 is 16.6 Å². The van der Waals surface area contributed by atoms with Gasteiger partial charge < -0.3 is 8.85 Å². The molecule has 26 heavy (non-hydrogen) atoms. The molecule has 0 aromatic rings. The molecule has 0 fully saturated rings. The Hall–Kier alpha value is 0.354. The molecule has 0 aliphatic heterocycles. The topological polar surface area (TPSA) is 18.5 Å². The normalized spacial score (nSPS) is 12.7. The van der Waals surface area contributed by atoms with Crippen LogP contribution in [0.4, 0.5) is 0 Å². The van der Waals surface area contributed by atoms with E-state index >= 15 is 0 Å². The van der Waals surface area contributed by atoms with Crippen molar-refractivity contribution in [1.29, 1.82) is 0 Å². The molecule has 0 radical (unpaired) electrons. The van der Waals surface area contributed by atoms with Crippen LogP contribution in [0.5, 0.6) is 0 Å². The summed E-state index contributed by atoms with van der Waals surface area (Å²) >= 11 is 0. The van der Waals surface area contributed by atoms with Crippen molar-refractivity contribution in [2.24, 2.45) is 0 Å². The summed E-state index contributed by atoms with van der Waals surface area (Å²) in [6.07, 6.45) is 19.5. The Morgan fingerprint density at radius 3 is 0.731 bits per heavy atom. The highest BCUT2D eigenvalue weighted by Gasteiger charge is 2.13. The van der Waals surface area contributed by atoms with Gasteiger partial charge in [-0.3, -0.25) is 0 Å². The van der Waals surface area contributed by atoms with Crippen LogP contribution in [0, 0.1) is 0 Å². The molecule has 158 valence electrons.